The Labute approximate surface area is 228 Å². The van der Waals surface area contributed by atoms with Crippen molar-refractivity contribution in [2.24, 2.45) is 0 Å². The van der Waals surface area contributed by atoms with Crippen molar-refractivity contribution in [3.8, 4) is 5.75 Å². The standard InChI is InChI=1S/C26H32N3O7P.CH4O/c1-16(2)33-25(31)17(3)28-37(36-22-11-7-9-19-8-5-6-10-20(19)22)35-18(4)21-12-13-24(34-21)29-15-14-23(30)27-26(29)32;1-2/h5-11,14-18,21,24,28H,12-13H2,1-4H3,(H,27,30,32);2H,1H3. The van der Waals surface area contributed by atoms with Gasteiger partial charge >= 0.3 is 20.2 Å². The van der Waals surface area contributed by atoms with E-state index in [1.165, 1.54) is 16.8 Å². The molecule has 4 rings (SSSR count). The van der Waals surface area contributed by atoms with Crippen LogP contribution in [0.5, 0.6) is 5.75 Å². The van der Waals surface area contributed by atoms with Crippen molar-refractivity contribution in [2.75, 3.05) is 7.11 Å². The van der Waals surface area contributed by atoms with Crippen LogP contribution < -0.4 is 20.9 Å². The highest BCUT2D eigenvalue weighted by atomic mass is 31.2. The zero-order valence-corrected chi connectivity index (χ0v) is 23.6. The monoisotopic (exact) mass is 561 g/mol. The molecule has 5 unspecified atom stereocenters. The van der Waals surface area contributed by atoms with Gasteiger partial charge in [0.25, 0.3) is 5.56 Å². The zero-order chi connectivity index (χ0) is 28.5. The molecule has 1 aliphatic heterocycles. The largest absolute Gasteiger partial charge is 0.462 e. The van der Waals surface area contributed by atoms with E-state index in [9.17, 15) is 14.4 Å². The molecule has 0 spiro atoms. The normalized spacial score (nSPS) is 19.2. The van der Waals surface area contributed by atoms with Crippen LogP contribution >= 0.6 is 8.53 Å². The van der Waals surface area contributed by atoms with Crippen LogP contribution in [-0.2, 0) is 18.8 Å². The molecular weight excluding hydrogens is 525 g/mol. The second-order valence-electron chi connectivity index (χ2n) is 9.20. The number of aliphatic hydroxyl groups is 1. The fourth-order valence-corrected chi connectivity index (χ4v) is 5.41. The van der Waals surface area contributed by atoms with Gasteiger partial charge in [0, 0.05) is 24.8 Å². The van der Waals surface area contributed by atoms with Crippen molar-refractivity contribution in [3.63, 3.8) is 0 Å². The fraction of sp³-hybridized carbons (Fsp3) is 0.444. The highest BCUT2D eigenvalue weighted by Crippen LogP contribution is 2.42. The van der Waals surface area contributed by atoms with Crippen molar-refractivity contribution < 1.29 is 28.4 Å². The van der Waals surface area contributed by atoms with E-state index in [4.69, 9.17) is 23.6 Å². The molecule has 212 valence electrons. The first kappa shape index (κ1) is 30.5. The number of esters is 1. The Morgan fingerprint density at radius 3 is 2.51 bits per heavy atom. The van der Waals surface area contributed by atoms with E-state index >= 15 is 0 Å². The quantitative estimate of drug-likeness (QED) is 0.250. The lowest BCUT2D eigenvalue weighted by Crippen LogP contribution is -2.36. The minimum absolute atomic E-state index is 0.248. The van der Waals surface area contributed by atoms with Crippen molar-refractivity contribution in [3.05, 3.63) is 75.6 Å². The van der Waals surface area contributed by atoms with Crippen LogP contribution in [0.4, 0.5) is 0 Å². The number of fused-ring (bicyclic) bond motifs is 1. The predicted octanol–water partition coefficient (Wildman–Crippen LogP) is 3.62. The number of rotatable bonds is 10. The molecule has 11 nitrogen and oxygen atoms in total. The van der Waals surface area contributed by atoms with Gasteiger partial charge in [-0.05, 0) is 52.0 Å². The fourth-order valence-electron chi connectivity index (χ4n) is 4.06. The second kappa shape index (κ2) is 14.3. The number of benzene rings is 2. The number of nitrogens with zero attached hydrogens (tertiary/aromatic N) is 1. The number of ether oxygens (including phenoxy) is 2. The number of carbonyl (C=O) groups is 1. The number of hydrogen-bond donors (Lipinski definition) is 3. The topological polar surface area (TPSA) is 141 Å². The molecule has 1 aliphatic rings. The van der Waals surface area contributed by atoms with Crippen LogP contribution in [0.1, 0.15) is 46.8 Å². The first-order valence-electron chi connectivity index (χ1n) is 12.7. The summed E-state index contributed by atoms with van der Waals surface area (Å²) in [6, 6.07) is 14.2. The summed E-state index contributed by atoms with van der Waals surface area (Å²) in [4.78, 5) is 38.3. The average Bonchev–Trinajstić information content (AvgIpc) is 3.40. The molecule has 3 aromatic rings. The summed E-state index contributed by atoms with van der Waals surface area (Å²) in [6.45, 7) is 7.15. The molecule has 1 fully saturated rings. The number of carbonyl (C=O) groups excluding carboxylic acids is 1. The molecule has 2 heterocycles. The molecular formula is C27H36N3O8P. The van der Waals surface area contributed by atoms with Crippen LogP contribution in [0.3, 0.4) is 0 Å². The molecule has 39 heavy (non-hydrogen) atoms. The minimum atomic E-state index is -1.79. The summed E-state index contributed by atoms with van der Waals surface area (Å²) in [6.07, 6.45) is 1.13. The van der Waals surface area contributed by atoms with E-state index in [2.05, 4.69) is 10.1 Å². The van der Waals surface area contributed by atoms with E-state index in [1.54, 1.807) is 20.8 Å². The maximum atomic E-state index is 12.5. The highest BCUT2D eigenvalue weighted by Gasteiger charge is 2.34. The summed E-state index contributed by atoms with van der Waals surface area (Å²) in [5.74, 6) is 0.216. The number of aliphatic hydroxyl groups excluding tert-OH is 1. The number of H-pyrrole nitrogens is 1. The summed E-state index contributed by atoms with van der Waals surface area (Å²) in [5.41, 5.74) is -0.979. The van der Waals surface area contributed by atoms with E-state index < -0.39 is 44.1 Å². The first-order chi connectivity index (χ1) is 18.7. The highest BCUT2D eigenvalue weighted by molar-refractivity contribution is 7.45. The third kappa shape index (κ3) is 8.20. The molecule has 0 saturated carbocycles. The van der Waals surface area contributed by atoms with Gasteiger partial charge in [0.2, 0.25) is 0 Å². The smallest absolute Gasteiger partial charge is 0.330 e. The van der Waals surface area contributed by atoms with Gasteiger partial charge in [-0.25, -0.2) is 9.88 Å². The number of nitrogens with one attached hydrogen (secondary N) is 2. The minimum Gasteiger partial charge on any atom is -0.462 e. The molecule has 0 bridgehead atoms. The summed E-state index contributed by atoms with van der Waals surface area (Å²) in [7, 11) is -0.788. The number of aromatic amines is 1. The number of hydrogen-bond acceptors (Lipinski definition) is 9. The van der Waals surface area contributed by atoms with Gasteiger partial charge < -0.3 is 23.6 Å². The van der Waals surface area contributed by atoms with Crippen LogP contribution in [0.2, 0.25) is 0 Å². The Bertz CT molecular complexity index is 1340. The van der Waals surface area contributed by atoms with E-state index in [1.807, 2.05) is 49.4 Å². The second-order valence-corrected chi connectivity index (χ2v) is 10.4. The van der Waals surface area contributed by atoms with Gasteiger partial charge in [-0.15, -0.1) is 0 Å². The van der Waals surface area contributed by atoms with Crippen LogP contribution in [0.15, 0.2) is 64.3 Å². The first-order valence-corrected chi connectivity index (χ1v) is 13.9. The molecule has 3 N–H and O–H groups in total. The van der Waals surface area contributed by atoms with Gasteiger partial charge in [-0.3, -0.25) is 19.1 Å². The van der Waals surface area contributed by atoms with Gasteiger partial charge in [-0.1, -0.05) is 36.4 Å². The predicted molar refractivity (Wildman–Crippen MR) is 148 cm³/mol. The lowest BCUT2D eigenvalue weighted by molar-refractivity contribution is -0.149. The Hall–Kier alpha value is -3.08. The van der Waals surface area contributed by atoms with Gasteiger partial charge in [0.05, 0.1) is 18.3 Å². The third-order valence-electron chi connectivity index (χ3n) is 5.91. The summed E-state index contributed by atoms with van der Waals surface area (Å²) >= 11 is 0. The lowest BCUT2D eigenvalue weighted by Gasteiger charge is -2.28. The lowest BCUT2D eigenvalue weighted by atomic mass is 10.1. The van der Waals surface area contributed by atoms with E-state index in [0.717, 1.165) is 17.9 Å². The molecule has 1 aromatic heterocycles. The maximum Gasteiger partial charge on any atom is 0.330 e. The maximum absolute atomic E-state index is 12.5. The van der Waals surface area contributed by atoms with Crippen molar-refractivity contribution in [1.29, 1.82) is 0 Å². The molecule has 0 aliphatic carbocycles. The van der Waals surface area contributed by atoms with Gasteiger partial charge in [0.15, 0.2) is 0 Å². The van der Waals surface area contributed by atoms with E-state index in [-0.39, 0.29) is 12.2 Å². The average molecular weight is 562 g/mol. The van der Waals surface area contributed by atoms with Gasteiger partial charge in [-0.2, -0.15) is 0 Å². The molecule has 2 aromatic carbocycles. The molecule has 12 heteroatoms. The molecule has 1 saturated heterocycles. The summed E-state index contributed by atoms with van der Waals surface area (Å²) < 4.78 is 25.4. The Morgan fingerprint density at radius 1 is 1.08 bits per heavy atom. The van der Waals surface area contributed by atoms with Crippen LogP contribution in [0, 0.1) is 0 Å². The Balaban J connectivity index is 0.00000205. The Morgan fingerprint density at radius 2 is 1.79 bits per heavy atom. The summed E-state index contributed by atoms with van der Waals surface area (Å²) in [5, 5.41) is 12.1. The third-order valence-corrected chi connectivity index (χ3v) is 7.40. The van der Waals surface area contributed by atoms with Gasteiger partial charge in [0.1, 0.15) is 18.0 Å². The number of aromatic nitrogens is 2. The Kier molecular flexibility index (Phi) is 11.2. The van der Waals surface area contributed by atoms with Crippen LogP contribution in [-0.4, -0.2) is 52.1 Å². The van der Waals surface area contributed by atoms with Crippen molar-refractivity contribution in [1.82, 2.24) is 14.6 Å². The molecule has 0 radical (unpaired) electrons. The van der Waals surface area contributed by atoms with Crippen molar-refractivity contribution in [2.45, 2.75) is 71.1 Å². The van der Waals surface area contributed by atoms with Crippen LogP contribution in [0.25, 0.3) is 10.8 Å². The molecule has 0 amide bonds. The zero-order valence-electron chi connectivity index (χ0n) is 22.7. The van der Waals surface area contributed by atoms with Crippen molar-refractivity contribution >= 4 is 25.3 Å². The van der Waals surface area contributed by atoms with E-state index in [0.29, 0.717) is 18.6 Å². The SMILES string of the molecule is CC(C)OC(=O)C(C)NP(Oc1cccc2ccccc12)OC(C)C1CCC(n2ccc(=O)[nH]c2=O)O1.CO. The molecule has 5 atom stereocenters.